The van der Waals surface area contributed by atoms with E-state index in [4.69, 9.17) is 10.3 Å². The van der Waals surface area contributed by atoms with Gasteiger partial charge in [-0.2, -0.15) is 8.42 Å². The smallest absolute Gasteiger partial charge is 0.281 e. The van der Waals surface area contributed by atoms with E-state index < -0.39 is 10.4 Å². The third-order valence-electron chi connectivity index (χ3n) is 6.31. The average Bonchev–Trinajstić information content (AvgIpc) is 2.79. The fourth-order valence-electron chi connectivity index (χ4n) is 3.87. The molecule has 1 unspecified atom stereocenters. The Morgan fingerprint density at radius 2 is 1.18 bits per heavy atom. The summed E-state index contributed by atoms with van der Waals surface area (Å²) in [6.45, 7) is 2.29. The molecular formula is C26H51N2O4S+. The number of hydrogen-bond donors (Lipinski definition) is 2. The molecule has 1 aromatic rings. The van der Waals surface area contributed by atoms with Crippen LogP contribution in [0.3, 0.4) is 0 Å². The lowest BCUT2D eigenvalue weighted by molar-refractivity contribution is 0.276. The number of para-hydroxylation sites is 1. The molecule has 0 aliphatic rings. The van der Waals surface area contributed by atoms with Gasteiger partial charge in [-0.1, -0.05) is 109 Å². The molecule has 1 aromatic carbocycles. The van der Waals surface area contributed by atoms with Crippen molar-refractivity contribution in [2.45, 2.75) is 109 Å². The summed E-state index contributed by atoms with van der Waals surface area (Å²) in [4.78, 5) is 0. The Bertz CT molecular complexity index is 666. The molecule has 0 heterocycles. The van der Waals surface area contributed by atoms with Crippen LogP contribution in [-0.2, 0) is 14.6 Å². The molecule has 1 atom stereocenters. The summed E-state index contributed by atoms with van der Waals surface area (Å²) in [5.41, 5.74) is 7.80. The third kappa shape index (κ3) is 18.1. The first-order valence-corrected chi connectivity index (χ1v) is 14.2. The molecule has 33 heavy (non-hydrogen) atoms. The van der Waals surface area contributed by atoms with Crippen LogP contribution in [0.1, 0.15) is 103 Å². The van der Waals surface area contributed by atoms with Crippen molar-refractivity contribution < 1.29 is 17.2 Å². The molecule has 0 radical (unpaired) electrons. The van der Waals surface area contributed by atoms with Crippen LogP contribution in [-0.4, -0.2) is 40.3 Å². The van der Waals surface area contributed by atoms with Crippen molar-refractivity contribution in [2.24, 2.45) is 5.73 Å². The second kappa shape index (κ2) is 19.3. The molecule has 3 N–H and O–H groups in total. The highest BCUT2D eigenvalue weighted by Gasteiger charge is 2.26. The molecule has 0 spiro atoms. The zero-order valence-corrected chi connectivity index (χ0v) is 22.5. The van der Waals surface area contributed by atoms with Gasteiger partial charge in [0.25, 0.3) is 0 Å². The highest BCUT2D eigenvalue weighted by atomic mass is 32.3. The first-order chi connectivity index (χ1) is 15.6. The number of unbranched alkanes of at least 4 members (excludes halogenated alkanes) is 13. The zero-order valence-electron chi connectivity index (χ0n) is 21.7. The topological polar surface area (TPSA) is 89.6 Å². The van der Waals surface area contributed by atoms with Gasteiger partial charge >= 0.3 is 10.4 Å². The minimum absolute atomic E-state index is 0.185. The van der Waals surface area contributed by atoms with E-state index in [1.54, 1.807) is 0 Å². The second-order valence-corrected chi connectivity index (χ2v) is 10.6. The van der Waals surface area contributed by atoms with Gasteiger partial charge in [0, 0.05) is 6.42 Å². The average molecular weight is 488 g/mol. The van der Waals surface area contributed by atoms with Crippen molar-refractivity contribution in [2.75, 3.05) is 21.2 Å². The molecule has 0 aromatic heterocycles. The number of quaternary nitrogens is 1. The van der Waals surface area contributed by atoms with Crippen LogP contribution in [0, 0.1) is 0 Å². The third-order valence-corrected chi connectivity index (χ3v) is 6.74. The van der Waals surface area contributed by atoms with Gasteiger partial charge in [0.15, 0.2) is 0 Å². The lowest BCUT2D eigenvalue weighted by Crippen LogP contribution is -2.55. The van der Waals surface area contributed by atoms with E-state index in [1.165, 1.54) is 95.6 Å². The first-order valence-electron chi connectivity index (χ1n) is 12.8. The van der Waals surface area contributed by atoms with Crippen LogP contribution >= 0.6 is 0 Å². The molecule has 0 fully saturated rings. The van der Waals surface area contributed by atoms with Crippen LogP contribution in [0.25, 0.3) is 0 Å². The highest BCUT2D eigenvalue weighted by Crippen LogP contribution is 2.22. The zero-order chi connectivity index (χ0) is 25.0. The van der Waals surface area contributed by atoms with Gasteiger partial charge in [0.05, 0.1) is 21.2 Å². The van der Waals surface area contributed by atoms with Crippen LogP contribution < -0.4 is 10.2 Å². The van der Waals surface area contributed by atoms with Crippen molar-refractivity contribution in [3.05, 3.63) is 30.3 Å². The Labute approximate surface area is 204 Å². The maximum atomic E-state index is 9.33. The minimum atomic E-state index is -4.16. The Hall–Kier alpha value is -0.990. The number of nitrogens with two attached hydrogens (primary N) is 1. The van der Waals surface area contributed by atoms with Gasteiger partial charge in [-0.05, 0) is 18.6 Å². The standard InChI is InChI=1S/C25H47N2.CH4O4S/c1-4-5-6-7-8-9-10-11-12-13-14-15-16-20-23-25(26)27(2,3)24-21-18-17-19-22-24;1-5-6(2,3)4/h17-19,21-22,25H,4-16,20,23,26H2,1-3H3;1H3,(H,2,3,4)/q+1;. The van der Waals surface area contributed by atoms with E-state index in [-0.39, 0.29) is 6.17 Å². The van der Waals surface area contributed by atoms with E-state index in [0.29, 0.717) is 0 Å². The molecule has 0 saturated carbocycles. The van der Waals surface area contributed by atoms with Gasteiger partial charge in [0.1, 0.15) is 11.9 Å². The summed E-state index contributed by atoms with van der Waals surface area (Å²) in [5, 5.41) is 0. The van der Waals surface area contributed by atoms with Crippen molar-refractivity contribution in [3.8, 4) is 0 Å². The molecule has 7 heteroatoms. The largest absolute Gasteiger partial charge is 0.397 e. The Morgan fingerprint density at radius 3 is 1.55 bits per heavy atom. The number of benzene rings is 1. The summed E-state index contributed by atoms with van der Waals surface area (Å²) < 4.78 is 30.5. The predicted molar refractivity (Wildman–Crippen MR) is 142 cm³/mol. The molecule has 0 bridgehead atoms. The van der Waals surface area contributed by atoms with Crippen LogP contribution in [0.4, 0.5) is 5.69 Å². The van der Waals surface area contributed by atoms with Crippen LogP contribution in [0.2, 0.25) is 0 Å². The summed E-state index contributed by atoms with van der Waals surface area (Å²) in [6.07, 6.45) is 21.0. The molecule has 0 aliphatic carbocycles. The first kappa shape index (κ1) is 32.0. The predicted octanol–water partition coefficient (Wildman–Crippen LogP) is 6.85. The minimum Gasteiger partial charge on any atom is -0.281 e. The maximum absolute atomic E-state index is 9.33. The molecule has 6 nitrogen and oxygen atoms in total. The molecule has 0 amide bonds. The molecule has 1 rings (SSSR count). The summed E-state index contributed by atoms with van der Waals surface area (Å²) >= 11 is 0. The fraction of sp³-hybridized carbons (Fsp3) is 0.769. The fourth-order valence-corrected chi connectivity index (χ4v) is 3.87. The summed E-state index contributed by atoms with van der Waals surface area (Å²) in [5.74, 6) is 0. The van der Waals surface area contributed by atoms with Gasteiger partial charge in [-0.15, -0.1) is 0 Å². The maximum Gasteiger partial charge on any atom is 0.397 e. The molecular weight excluding hydrogens is 436 g/mol. The molecule has 0 saturated heterocycles. The van der Waals surface area contributed by atoms with Crippen LogP contribution in [0.15, 0.2) is 30.3 Å². The van der Waals surface area contributed by atoms with E-state index >= 15 is 0 Å². The normalized spacial score (nSPS) is 12.8. The van der Waals surface area contributed by atoms with E-state index in [0.717, 1.165) is 18.0 Å². The number of nitrogens with zero attached hydrogens (tertiary/aromatic N) is 1. The lowest BCUT2D eigenvalue weighted by Gasteiger charge is -2.35. The lowest BCUT2D eigenvalue weighted by atomic mass is 10.0. The number of hydrogen-bond acceptors (Lipinski definition) is 4. The SMILES string of the molecule is CCCCCCCCCCCCCCCCC(N)[N+](C)(C)c1ccccc1.COS(=O)(=O)O. The Morgan fingerprint density at radius 1 is 0.818 bits per heavy atom. The summed E-state index contributed by atoms with van der Waals surface area (Å²) in [7, 11) is 1.16. The second-order valence-electron chi connectivity index (χ2n) is 9.42. The monoisotopic (exact) mass is 487 g/mol. The molecule has 0 aliphatic heterocycles. The van der Waals surface area contributed by atoms with Gasteiger partial charge in [-0.3, -0.25) is 19.0 Å². The van der Waals surface area contributed by atoms with E-state index in [9.17, 15) is 8.42 Å². The molecule has 194 valence electrons. The Balaban J connectivity index is 0.00000150. The van der Waals surface area contributed by atoms with Gasteiger partial charge < -0.3 is 0 Å². The Kier molecular flexibility index (Phi) is 18.8. The van der Waals surface area contributed by atoms with Gasteiger partial charge in [0.2, 0.25) is 0 Å². The van der Waals surface area contributed by atoms with Gasteiger partial charge in [-0.25, -0.2) is 0 Å². The van der Waals surface area contributed by atoms with Crippen molar-refractivity contribution in [3.63, 3.8) is 0 Å². The highest BCUT2D eigenvalue weighted by molar-refractivity contribution is 7.80. The number of rotatable bonds is 18. The summed E-state index contributed by atoms with van der Waals surface area (Å²) in [6, 6.07) is 10.7. The van der Waals surface area contributed by atoms with E-state index in [2.05, 4.69) is 55.5 Å². The van der Waals surface area contributed by atoms with Crippen molar-refractivity contribution >= 4 is 16.1 Å². The quantitative estimate of drug-likeness (QED) is 0.102. The van der Waals surface area contributed by atoms with Crippen molar-refractivity contribution in [1.82, 2.24) is 4.48 Å². The van der Waals surface area contributed by atoms with Crippen LogP contribution in [0.5, 0.6) is 0 Å². The van der Waals surface area contributed by atoms with Crippen molar-refractivity contribution in [1.29, 1.82) is 0 Å². The van der Waals surface area contributed by atoms with E-state index in [1.807, 2.05) is 0 Å².